The smallest absolute Gasteiger partial charge is 0.132 e. The Morgan fingerprint density at radius 1 is 1.15 bits per heavy atom. The molecule has 0 radical (unpaired) electrons. The van der Waals surface area contributed by atoms with Crippen LogP contribution in [0.2, 0.25) is 0 Å². The number of nitrogens with two attached hydrogens (primary N) is 1. The molecule has 2 N–H and O–H groups in total. The first-order valence-corrected chi connectivity index (χ1v) is 7.66. The van der Waals surface area contributed by atoms with Crippen molar-refractivity contribution in [2.24, 2.45) is 12.8 Å². The summed E-state index contributed by atoms with van der Waals surface area (Å²) in [7, 11) is 2.06. The van der Waals surface area contributed by atoms with E-state index >= 15 is 0 Å². The average molecular weight is 336 g/mol. The van der Waals surface area contributed by atoms with Crippen LogP contribution in [-0.2, 0) is 13.5 Å². The highest BCUT2D eigenvalue weighted by Crippen LogP contribution is 2.36. The van der Waals surface area contributed by atoms with Crippen LogP contribution in [0.5, 0.6) is 0 Å². The molecule has 20 heavy (non-hydrogen) atoms. The molecule has 1 aromatic heterocycles. The third-order valence-electron chi connectivity index (χ3n) is 4.12. The maximum Gasteiger partial charge on any atom is 0.132 e. The lowest BCUT2D eigenvalue weighted by molar-refractivity contribution is 0.781. The van der Waals surface area contributed by atoms with Gasteiger partial charge in [-0.25, -0.2) is 4.98 Å². The van der Waals surface area contributed by atoms with Gasteiger partial charge in [0.15, 0.2) is 0 Å². The minimum Gasteiger partial charge on any atom is -0.330 e. The Bertz CT molecular complexity index is 630. The van der Waals surface area contributed by atoms with E-state index in [2.05, 4.69) is 66.3 Å². The second-order valence-electron chi connectivity index (χ2n) is 5.40. The largest absolute Gasteiger partial charge is 0.330 e. The summed E-state index contributed by atoms with van der Waals surface area (Å²) >= 11 is 3.62. The third-order valence-corrected chi connectivity index (χ3v) is 4.67. The molecule has 0 aliphatic rings. The van der Waals surface area contributed by atoms with Crippen molar-refractivity contribution >= 4 is 15.9 Å². The van der Waals surface area contributed by atoms with Crippen LogP contribution in [0.4, 0.5) is 0 Å². The second kappa shape index (κ2) is 5.70. The standard InChI is InChI=1S/C16H22BrN3/c1-9-8-10(2)12(4)14(11(9)3)15-16(17)19-13(6-7-18)20(15)5/h8H,6-7,18H2,1-5H3. The molecule has 0 saturated carbocycles. The minimum atomic E-state index is 0.613. The SMILES string of the molecule is Cc1cc(C)c(C)c(-c2c(Br)nc(CCN)n2C)c1C. The van der Waals surface area contributed by atoms with Crippen molar-refractivity contribution in [3.8, 4) is 11.3 Å². The predicted molar refractivity (Wildman–Crippen MR) is 88.1 cm³/mol. The summed E-state index contributed by atoms with van der Waals surface area (Å²) < 4.78 is 3.06. The number of benzene rings is 1. The maximum atomic E-state index is 5.67. The van der Waals surface area contributed by atoms with Crippen molar-refractivity contribution < 1.29 is 0 Å². The lowest BCUT2D eigenvalue weighted by Crippen LogP contribution is -2.08. The van der Waals surface area contributed by atoms with Gasteiger partial charge in [-0.2, -0.15) is 0 Å². The van der Waals surface area contributed by atoms with Gasteiger partial charge in [0, 0.05) is 19.0 Å². The van der Waals surface area contributed by atoms with E-state index in [-0.39, 0.29) is 0 Å². The molecule has 0 spiro atoms. The zero-order valence-corrected chi connectivity index (χ0v) is 14.4. The average Bonchev–Trinajstić information content (AvgIpc) is 2.65. The van der Waals surface area contributed by atoms with Crippen molar-refractivity contribution in [1.29, 1.82) is 0 Å². The molecule has 0 fully saturated rings. The number of hydrogen-bond acceptors (Lipinski definition) is 2. The third kappa shape index (κ3) is 2.42. The first kappa shape index (κ1) is 15.3. The van der Waals surface area contributed by atoms with Gasteiger partial charge in [-0.1, -0.05) is 6.07 Å². The Kier molecular flexibility index (Phi) is 4.35. The number of rotatable bonds is 3. The Morgan fingerprint density at radius 2 is 1.70 bits per heavy atom. The molecule has 0 amide bonds. The van der Waals surface area contributed by atoms with Crippen LogP contribution < -0.4 is 5.73 Å². The Morgan fingerprint density at radius 3 is 2.20 bits per heavy atom. The molecular weight excluding hydrogens is 314 g/mol. The zero-order chi connectivity index (χ0) is 15.0. The van der Waals surface area contributed by atoms with E-state index in [1.54, 1.807) is 0 Å². The number of halogens is 1. The summed E-state index contributed by atoms with van der Waals surface area (Å²) in [4.78, 5) is 4.62. The number of imidazole rings is 1. The van der Waals surface area contributed by atoms with Gasteiger partial charge in [0.2, 0.25) is 0 Å². The predicted octanol–water partition coefficient (Wildman–Crippen LogP) is 3.58. The van der Waals surface area contributed by atoms with Gasteiger partial charge in [0.05, 0.1) is 5.69 Å². The van der Waals surface area contributed by atoms with Gasteiger partial charge < -0.3 is 10.3 Å². The molecule has 3 nitrogen and oxygen atoms in total. The van der Waals surface area contributed by atoms with Gasteiger partial charge in [0.1, 0.15) is 10.4 Å². The fraction of sp³-hybridized carbons (Fsp3) is 0.438. The zero-order valence-electron chi connectivity index (χ0n) is 12.8. The highest BCUT2D eigenvalue weighted by molar-refractivity contribution is 9.10. The molecule has 0 atom stereocenters. The fourth-order valence-electron chi connectivity index (χ4n) is 2.70. The van der Waals surface area contributed by atoms with Crippen LogP contribution in [0.15, 0.2) is 10.7 Å². The Hall–Kier alpha value is -1.13. The first-order chi connectivity index (χ1) is 9.38. The number of aromatic nitrogens is 2. The van der Waals surface area contributed by atoms with Crippen LogP contribution in [0, 0.1) is 27.7 Å². The summed E-state index contributed by atoms with van der Waals surface area (Å²) in [5, 5.41) is 0. The summed E-state index contributed by atoms with van der Waals surface area (Å²) in [6.07, 6.45) is 0.790. The van der Waals surface area contributed by atoms with Gasteiger partial charge in [-0.15, -0.1) is 0 Å². The molecule has 0 aliphatic heterocycles. The maximum absolute atomic E-state index is 5.67. The Balaban J connectivity index is 2.75. The van der Waals surface area contributed by atoms with E-state index in [0.29, 0.717) is 6.54 Å². The fourth-order valence-corrected chi connectivity index (χ4v) is 3.37. The molecule has 1 aromatic carbocycles. The van der Waals surface area contributed by atoms with E-state index in [1.165, 1.54) is 27.8 Å². The van der Waals surface area contributed by atoms with Crippen LogP contribution in [-0.4, -0.2) is 16.1 Å². The van der Waals surface area contributed by atoms with E-state index in [0.717, 1.165) is 22.5 Å². The second-order valence-corrected chi connectivity index (χ2v) is 6.15. The molecular formula is C16H22BrN3. The van der Waals surface area contributed by atoms with Crippen LogP contribution in [0.1, 0.15) is 28.1 Å². The summed E-state index contributed by atoms with van der Waals surface area (Å²) in [5.74, 6) is 1.02. The number of hydrogen-bond donors (Lipinski definition) is 1. The highest BCUT2D eigenvalue weighted by Gasteiger charge is 2.19. The van der Waals surface area contributed by atoms with E-state index < -0.39 is 0 Å². The molecule has 1 heterocycles. The van der Waals surface area contributed by atoms with Crippen molar-refractivity contribution in [1.82, 2.24) is 9.55 Å². The Labute approximate surface area is 129 Å². The molecule has 2 rings (SSSR count). The van der Waals surface area contributed by atoms with Gasteiger partial charge in [-0.3, -0.25) is 0 Å². The van der Waals surface area contributed by atoms with Gasteiger partial charge in [-0.05, 0) is 72.4 Å². The topological polar surface area (TPSA) is 43.8 Å². The molecule has 0 unspecified atom stereocenters. The van der Waals surface area contributed by atoms with Crippen molar-refractivity contribution in [2.75, 3.05) is 6.54 Å². The molecule has 108 valence electrons. The van der Waals surface area contributed by atoms with Crippen molar-refractivity contribution in [3.63, 3.8) is 0 Å². The number of nitrogens with zero attached hydrogens (tertiary/aromatic N) is 2. The lowest BCUT2D eigenvalue weighted by Gasteiger charge is -2.16. The normalized spacial score (nSPS) is 11.2. The van der Waals surface area contributed by atoms with Crippen LogP contribution in [0.3, 0.4) is 0 Å². The monoisotopic (exact) mass is 335 g/mol. The molecule has 2 aromatic rings. The first-order valence-electron chi connectivity index (χ1n) is 6.87. The molecule has 0 aliphatic carbocycles. The number of aryl methyl sites for hydroxylation is 2. The van der Waals surface area contributed by atoms with Crippen LogP contribution >= 0.6 is 15.9 Å². The van der Waals surface area contributed by atoms with Crippen molar-refractivity contribution in [2.45, 2.75) is 34.1 Å². The summed E-state index contributed by atoms with van der Waals surface area (Å²) in [6, 6.07) is 2.25. The minimum absolute atomic E-state index is 0.613. The van der Waals surface area contributed by atoms with E-state index in [4.69, 9.17) is 5.73 Å². The van der Waals surface area contributed by atoms with Gasteiger partial charge >= 0.3 is 0 Å². The quantitative estimate of drug-likeness (QED) is 0.931. The van der Waals surface area contributed by atoms with Gasteiger partial charge in [0.25, 0.3) is 0 Å². The molecule has 4 heteroatoms. The summed E-state index contributed by atoms with van der Waals surface area (Å²) in [6.45, 7) is 9.30. The van der Waals surface area contributed by atoms with E-state index in [9.17, 15) is 0 Å². The molecule has 0 saturated heterocycles. The van der Waals surface area contributed by atoms with Crippen molar-refractivity contribution in [3.05, 3.63) is 38.7 Å². The van der Waals surface area contributed by atoms with E-state index in [1.807, 2.05) is 0 Å². The highest BCUT2D eigenvalue weighted by atomic mass is 79.9. The lowest BCUT2D eigenvalue weighted by atomic mass is 9.92. The summed E-state index contributed by atoms with van der Waals surface area (Å²) in [5.41, 5.74) is 13.4. The van der Waals surface area contributed by atoms with Crippen LogP contribution in [0.25, 0.3) is 11.3 Å². The molecule has 0 bridgehead atoms.